The fourth-order valence-electron chi connectivity index (χ4n) is 1.86. The molecule has 15 heavy (non-hydrogen) atoms. The first-order valence-electron chi connectivity index (χ1n) is 5.46. The van der Waals surface area contributed by atoms with E-state index in [1.54, 1.807) is 11.0 Å². The lowest BCUT2D eigenvalue weighted by Gasteiger charge is -2.26. The molecule has 2 rings (SSSR count). The van der Waals surface area contributed by atoms with Gasteiger partial charge in [-0.1, -0.05) is 0 Å². The van der Waals surface area contributed by atoms with E-state index in [1.165, 1.54) is 12.7 Å². The lowest BCUT2D eigenvalue weighted by atomic mass is 10.1. The van der Waals surface area contributed by atoms with Crippen molar-refractivity contribution in [3.8, 4) is 0 Å². The summed E-state index contributed by atoms with van der Waals surface area (Å²) in [6.07, 6.45) is 7.22. The number of carbonyl (C=O) groups is 1. The number of amides is 1. The molecule has 0 N–H and O–H groups in total. The molecule has 1 aliphatic rings. The van der Waals surface area contributed by atoms with Crippen LogP contribution in [0.15, 0.2) is 12.7 Å². The third-order valence-electron chi connectivity index (χ3n) is 2.73. The molecule has 1 amide bonds. The molecule has 82 valence electrons. The normalized spacial score (nSPS) is 16.7. The Kier molecular flexibility index (Phi) is 3.32. The summed E-state index contributed by atoms with van der Waals surface area (Å²) in [5.74, 6) is 0.241. The summed E-state index contributed by atoms with van der Waals surface area (Å²) in [4.78, 5) is 17.6. The van der Waals surface area contributed by atoms with Crippen molar-refractivity contribution < 1.29 is 4.79 Å². The zero-order valence-electron chi connectivity index (χ0n) is 8.80. The first-order valence-corrected chi connectivity index (χ1v) is 5.46. The van der Waals surface area contributed by atoms with E-state index >= 15 is 0 Å². The van der Waals surface area contributed by atoms with E-state index in [4.69, 9.17) is 0 Å². The molecule has 2 heterocycles. The minimum atomic E-state index is 0.241. The fourth-order valence-corrected chi connectivity index (χ4v) is 1.86. The second-order valence-electron chi connectivity index (χ2n) is 3.85. The van der Waals surface area contributed by atoms with Crippen molar-refractivity contribution in [2.45, 2.75) is 32.2 Å². The highest BCUT2D eigenvalue weighted by Crippen LogP contribution is 2.09. The summed E-state index contributed by atoms with van der Waals surface area (Å²) in [5, 5.41) is 3.97. The molecule has 5 nitrogen and oxygen atoms in total. The van der Waals surface area contributed by atoms with Crippen LogP contribution in [0.25, 0.3) is 0 Å². The van der Waals surface area contributed by atoms with Crippen molar-refractivity contribution in [3.05, 3.63) is 12.7 Å². The van der Waals surface area contributed by atoms with Gasteiger partial charge in [-0.3, -0.25) is 9.48 Å². The van der Waals surface area contributed by atoms with Gasteiger partial charge in [-0.2, -0.15) is 5.10 Å². The molecule has 1 fully saturated rings. The van der Waals surface area contributed by atoms with Gasteiger partial charge in [-0.15, -0.1) is 0 Å². The van der Waals surface area contributed by atoms with E-state index in [1.807, 2.05) is 4.90 Å². The van der Waals surface area contributed by atoms with Crippen LogP contribution in [0.1, 0.15) is 25.7 Å². The molecule has 1 saturated heterocycles. The smallest absolute Gasteiger partial charge is 0.224 e. The number of likely N-dealkylation sites (tertiary alicyclic amines) is 1. The lowest BCUT2D eigenvalue weighted by molar-refractivity contribution is -0.132. The number of nitrogens with zero attached hydrogens (tertiary/aromatic N) is 4. The van der Waals surface area contributed by atoms with Crippen molar-refractivity contribution in [1.82, 2.24) is 19.7 Å². The Labute approximate surface area is 89.1 Å². The molecule has 5 heteroatoms. The quantitative estimate of drug-likeness (QED) is 0.734. The maximum absolute atomic E-state index is 11.8. The summed E-state index contributed by atoms with van der Waals surface area (Å²) < 4.78 is 1.70. The molecule has 1 aromatic rings. The number of aromatic nitrogens is 3. The Morgan fingerprint density at radius 1 is 1.27 bits per heavy atom. The molecule has 1 aliphatic heterocycles. The van der Waals surface area contributed by atoms with Gasteiger partial charge in [-0.05, 0) is 19.3 Å². The first-order chi connectivity index (χ1) is 7.36. The van der Waals surface area contributed by atoms with E-state index in [2.05, 4.69) is 10.1 Å². The molecule has 0 atom stereocenters. The number of aryl methyl sites for hydroxylation is 1. The summed E-state index contributed by atoms with van der Waals surface area (Å²) in [6, 6.07) is 0. The molecule has 0 aromatic carbocycles. The van der Waals surface area contributed by atoms with Gasteiger partial charge in [0.05, 0.1) is 6.54 Å². The van der Waals surface area contributed by atoms with Gasteiger partial charge in [0, 0.05) is 19.5 Å². The van der Waals surface area contributed by atoms with E-state index in [0.717, 1.165) is 25.9 Å². The Morgan fingerprint density at radius 3 is 2.73 bits per heavy atom. The maximum Gasteiger partial charge on any atom is 0.224 e. The number of piperidine rings is 1. The zero-order chi connectivity index (χ0) is 10.5. The Morgan fingerprint density at radius 2 is 2.07 bits per heavy atom. The summed E-state index contributed by atoms with van der Waals surface area (Å²) in [6.45, 7) is 2.49. The van der Waals surface area contributed by atoms with Crippen LogP contribution in [0.2, 0.25) is 0 Å². The van der Waals surface area contributed by atoms with Crippen molar-refractivity contribution in [1.29, 1.82) is 0 Å². The predicted octanol–water partition coefficient (Wildman–Crippen LogP) is 0.681. The van der Waals surface area contributed by atoms with Crippen LogP contribution in [0.3, 0.4) is 0 Å². The molecule has 0 radical (unpaired) electrons. The van der Waals surface area contributed by atoms with E-state index in [9.17, 15) is 4.79 Å². The van der Waals surface area contributed by atoms with Gasteiger partial charge in [0.25, 0.3) is 0 Å². The molecule has 0 saturated carbocycles. The highest BCUT2D eigenvalue weighted by Gasteiger charge is 2.15. The Hall–Kier alpha value is -1.39. The number of rotatable bonds is 3. The van der Waals surface area contributed by atoms with Crippen LogP contribution in [0.4, 0.5) is 0 Å². The number of hydrogen-bond donors (Lipinski definition) is 0. The van der Waals surface area contributed by atoms with Crippen LogP contribution in [0.5, 0.6) is 0 Å². The maximum atomic E-state index is 11.8. The van der Waals surface area contributed by atoms with Crippen molar-refractivity contribution in [2.75, 3.05) is 13.1 Å². The second-order valence-corrected chi connectivity index (χ2v) is 3.85. The van der Waals surface area contributed by atoms with Gasteiger partial charge in [0.15, 0.2) is 0 Å². The SMILES string of the molecule is O=C(CCn1cncn1)N1CCCCC1. The number of carbonyl (C=O) groups excluding carboxylic acids is 1. The van der Waals surface area contributed by atoms with Crippen molar-refractivity contribution in [2.24, 2.45) is 0 Å². The highest BCUT2D eigenvalue weighted by atomic mass is 16.2. The Balaban J connectivity index is 1.76. The lowest BCUT2D eigenvalue weighted by Crippen LogP contribution is -2.36. The zero-order valence-corrected chi connectivity index (χ0v) is 8.80. The second kappa shape index (κ2) is 4.91. The average Bonchev–Trinajstić information content (AvgIpc) is 2.80. The highest BCUT2D eigenvalue weighted by molar-refractivity contribution is 5.76. The number of hydrogen-bond acceptors (Lipinski definition) is 3. The third-order valence-corrected chi connectivity index (χ3v) is 2.73. The van der Waals surface area contributed by atoms with Gasteiger partial charge in [0.1, 0.15) is 12.7 Å². The van der Waals surface area contributed by atoms with Gasteiger partial charge in [0.2, 0.25) is 5.91 Å². The molecule has 0 aliphatic carbocycles. The molecule has 0 spiro atoms. The first kappa shape index (κ1) is 10.1. The standard InChI is InChI=1S/C10H16N4O/c15-10(13-5-2-1-3-6-13)4-7-14-9-11-8-12-14/h8-9H,1-7H2. The van der Waals surface area contributed by atoms with Gasteiger partial charge >= 0.3 is 0 Å². The molecule has 1 aromatic heterocycles. The van der Waals surface area contributed by atoms with E-state index in [-0.39, 0.29) is 5.91 Å². The molecular weight excluding hydrogens is 192 g/mol. The summed E-state index contributed by atoms with van der Waals surface area (Å²) in [5.41, 5.74) is 0. The van der Waals surface area contributed by atoms with Gasteiger partial charge < -0.3 is 4.90 Å². The van der Waals surface area contributed by atoms with Crippen LogP contribution in [-0.4, -0.2) is 38.7 Å². The topological polar surface area (TPSA) is 51.0 Å². The van der Waals surface area contributed by atoms with Crippen molar-refractivity contribution >= 4 is 5.91 Å². The molecule has 0 bridgehead atoms. The minimum Gasteiger partial charge on any atom is -0.343 e. The van der Waals surface area contributed by atoms with Crippen LogP contribution >= 0.6 is 0 Å². The van der Waals surface area contributed by atoms with Crippen LogP contribution in [0, 0.1) is 0 Å². The molecular formula is C10H16N4O. The van der Waals surface area contributed by atoms with E-state index in [0.29, 0.717) is 13.0 Å². The average molecular weight is 208 g/mol. The summed E-state index contributed by atoms with van der Waals surface area (Å²) in [7, 11) is 0. The summed E-state index contributed by atoms with van der Waals surface area (Å²) >= 11 is 0. The molecule has 0 unspecified atom stereocenters. The van der Waals surface area contributed by atoms with Crippen LogP contribution < -0.4 is 0 Å². The van der Waals surface area contributed by atoms with Crippen molar-refractivity contribution in [3.63, 3.8) is 0 Å². The minimum absolute atomic E-state index is 0.241. The van der Waals surface area contributed by atoms with Crippen LogP contribution in [-0.2, 0) is 11.3 Å². The fraction of sp³-hybridized carbons (Fsp3) is 0.700. The Bertz CT molecular complexity index is 303. The monoisotopic (exact) mass is 208 g/mol. The third kappa shape index (κ3) is 2.78. The largest absolute Gasteiger partial charge is 0.343 e. The predicted molar refractivity (Wildman–Crippen MR) is 55.1 cm³/mol. The van der Waals surface area contributed by atoms with Gasteiger partial charge in [-0.25, -0.2) is 4.98 Å². The van der Waals surface area contributed by atoms with E-state index < -0.39 is 0 Å².